The molecule has 56 heavy (non-hydrogen) atoms. The summed E-state index contributed by atoms with van der Waals surface area (Å²) in [7, 11) is -0.440. The number of urea groups is 1. The second-order valence-electron chi connectivity index (χ2n) is 16.1. The third kappa shape index (κ3) is 9.05. The molecule has 1 aromatic rings. The van der Waals surface area contributed by atoms with Gasteiger partial charge in [0.2, 0.25) is 11.8 Å². The summed E-state index contributed by atoms with van der Waals surface area (Å²) >= 11 is 0. The van der Waals surface area contributed by atoms with Crippen molar-refractivity contribution < 1.29 is 41.9 Å². The molecule has 3 heterocycles. The highest BCUT2D eigenvalue weighted by atomic mass is 32.2. The molecule has 1 unspecified atom stereocenters. The summed E-state index contributed by atoms with van der Waals surface area (Å²) in [5.74, 6) is -1.58. The van der Waals surface area contributed by atoms with E-state index in [-0.39, 0.29) is 55.9 Å². The number of nitrogens with zero attached hydrogens (tertiary/aromatic N) is 2. The van der Waals surface area contributed by atoms with Gasteiger partial charge in [-0.3, -0.25) is 14.4 Å². The Morgan fingerprint density at radius 3 is 2.52 bits per heavy atom. The van der Waals surface area contributed by atoms with Crippen molar-refractivity contribution in [3.63, 3.8) is 0 Å². The zero-order valence-electron chi connectivity index (χ0n) is 31.8. The first-order valence-electron chi connectivity index (χ1n) is 20.2. The van der Waals surface area contributed by atoms with Crippen LogP contribution in [-0.2, 0) is 38.3 Å². The summed E-state index contributed by atoms with van der Waals surface area (Å²) < 4.78 is 50.7. The number of benzene rings is 1. The molecule has 12 nitrogen and oxygen atoms in total. The highest BCUT2D eigenvalue weighted by molar-refractivity contribution is 8.14. The van der Waals surface area contributed by atoms with E-state index in [1.165, 1.54) is 15.9 Å². The molecule has 6 atom stereocenters. The van der Waals surface area contributed by atoms with Crippen LogP contribution in [0.1, 0.15) is 107 Å². The lowest BCUT2D eigenvalue weighted by Gasteiger charge is -2.31. The van der Waals surface area contributed by atoms with Gasteiger partial charge in [0, 0.05) is 36.7 Å². The molecule has 7 rings (SSSR count). The summed E-state index contributed by atoms with van der Waals surface area (Å²) in [5, 5.41) is 11.3. The average molecular weight is 803 g/mol. The van der Waals surface area contributed by atoms with Crippen LogP contribution >= 0.6 is 10.7 Å². The van der Waals surface area contributed by atoms with E-state index < -0.39 is 70.1 Å². The Morgan fingerprint density at radius 1 is 1.02 bits per heavy atom. The third-order valence-corrected chi connectivity index (χ3v) is 14.2. The molecule has 6 amide bonds. The fraction of sp³-hybridized carbons (Fsp3) is 0.650. The number of rotatable bonds is 6. The lowest BCUT2D eigenvalue weighted by Crippen LogP contribution is -2.58. The van der Waals surface area contributed by atoms with Gasteiger partial charge in [-0.15, -0.1) is 0 Å². The Labute approximate surface area is 328 Å². The number of hydrogen-bond acceptors (Lipinski definition) is 6. The third-order valence-electron chi connectivity index (χ3n) is 12.1. The van der Waals surface area contributed by atoms with Crippen LogP contribution in [0.25, 0.3) is 0 Å². The van der Waals surface area contributed by atoms with Crippen LogP contribution in [0.15, 0.2) is 30.4 Å². The number of halogens is 3. The zero-order valence-corrected chi connectivity index (χ0v) is 32.7. The predicted molar refractivity (Wildman–Crippen MR) is 205 cm³/mol. The molecule has 0 bridgehead atoms. The van der Waals surface area contributed by atoms with Crippen LogP contribution in [0.4, 0.5) is 22.8 Å². The Hall–Kier alpha value is -4.08. The first-order valence-corrected chi connectivity index (χ1v) is 21.5. The fourth-order valence-corrected chi connectivity index (χ4v) is 10.4. The minimum Gasteiger partial charge on any atom is -0.444 e. The van der Waals surface area contributed by atoms with Crippen molar-refractivity contribution in [3.05, 3.63) is 47.0 Å². The average Bonchev–Trinajstić information content (AvgIpc) is 4.03. The molecule has 3 saturated carbocycles. The van der Waals surface area contributed by atoms with Crippen LogP contribution < -0.4 is 20.7 Å². The van der Waals surface area contributed by atoms with E-state index >= 15 is 0 Å². The Kier molecular flexibility index (Phi) is 12.0. The van der Waals surface area contributed by atoms with Gasteiger partial charge in [-0.05, 0) is 87.3 Å². The molecule has 1 saturated heterocycles. The minimum atomic E-state index is -4.60. The Bertz CT molecular complexity index is 1760. The summed E-state index contributed by atoms with van der Waals surface area (Å²) in [6, 6.07) is 1.43. The maximum atomic E-state index is 14.5. The Balaban J connectivity index is 1.12. The second-order valence-corrected chi connectivity index (χ2v) is 18.2. The van der Waals surface area contributed by atoms with Crippen LogP contribution in [0.5, 0.6) is 0 Å². The Morgan fingerprint density at radius 2 is 1.79 bits per heavy atom. The van der Waals surface area contributed by atoms with E-state index in [1.54, 1.807) is 6.07 Å². The lowest BCUT2D eigenvalue weighted by atomic mass is 9.95. The molecule has 4 N–H and O–H groups in total. The van der Waals surface area contributed by atoms with Gasteiger partial charge in [-0.2, -0.15) is 13.2 Å². The van der Waals surface area contributed by atoms with Gasteiger partial charge in [0.15, 0.2) is 0 Å². The van der Waals surface area contributed by atoms with Gasteiger partial charge < -0.3 is 35.2 Å². The molecule has 3 aliphatic carbocycles. The number of fused-ring (bicyclic) bond motifs is 3. The van der Waals surface area contributed by atoms with Gasteiger partial charge in [-0.1, -0.05) is 60.6 Å². The van der Waals surface area contributed by atoms with Crippen LogP contribution in [0.2, 0.25) is 0 Å². The number of amides is 6. The van der Waals surface area contributed by atoms with Gasteiger partial charge in [0.1, 0.15) is 23.7 Å². The predicted octanol–water partition coefficient (Wildman–Crippen LogP) is 5.46. The molecular weight excluding hydrogens is 750 g/mol. The van der Waals surface area contributed by atoms with E-state index in [4.69, 9.17) is 4.74 Å². The van der Waals surface area contributed by atoms with Gasteiger partial charge in [-0.25, -0.2) is 9.59 Å². The molecule has 306 valence electrons. The van der Waals surface area contributed by atoms with Crippen molar-refractivity contribution in [3.8, 4) is 0 Å². The summed E-state index contributed by atoms with van der Waals surface area (Å²) in [6.07, 6.45) is 7.31. The zero-order chi connectivity index (χ0) is 39.6. The number of ether oxygens (including phenoxy) is 1. The lowest BCUT2D eigenvalue weighted by molar-refractivity contribution is -0.141. The molecule has 3 aliphatic heterocycles. The van der Waals surface area contributed by atoms with Crippen LogP contribution in [0.3, 0.4) is 0 Å². The summed E-state index contributed by atoms with van der Waals surface area (Å²) in [6.45, 7) is 1.59. The molecule has 4 fully saturated rings. The topological polar surface area (TPSA) is 149 Å². The minimum absolute atomic E-state index is 0.0153. The molecule has 0 aromatic heterocycles. The molecule has 0 spiro atoms. The molecule has 6 aliphatic rings. The van der Waals surface area contributed by atoms with Crippen molar-refractivity contribution in [1.29, 1.82) is 0 Å². The largest absolute Gasteiger partial charge is 0.444 e. The molecule has 16 heteroatoms. The number of allylic oxidation sites excluding steroid dienone is 1. The summed E-state index contributed by atoms with van der Waals surface area (Å²) in [5.41, 5.74) is -1.48. The van der Waals surface area contributed by atoms with Crippen molar-refractivity contribution in [2.75, 3.05) is 13.1 Å². The van der Waals surface area contributed by atoms with E-state index in [0.717, 1.165) is 63.9 Å². The van der Waals surface area contributed by atoms with Crippen molar-refractivity contribution in [2.45, 2.75) is 145 Å². The number of carbonyl (C=O) groups is 5. The smallest absolute Gasteiger partial charge is 0.416 e. The number of hydrogen-bond donors (Lipinski definition) is 4. The van der Waals surface area contributed by atoms with Gasteiger partial charge >= 0.3 is 18.3 Å². The monoisotopic (exact) mass is 802 g/mol. The van der Waals surface area contributed by atoms with Gasteiger partial charge in [0.25, 0.3) is 5.91 Å². The van der Waals surface area contributed by atoms with Crippen molar-refractivity contribution >= 4 is 45.9 Å². The quantitative estimate of drug-likeness (QED) is 0.222. The second kappa shape index (κ2) is 16.8. The molecule has 1 aromatic carbocycles. The summed E-state index contributed by atoms with van der Waals surface area (Å²) in [4.78, 5) is 72.3. The van der Waals surface area contributed by atoms with E-state index in [1.807, 2.05) is 24.4 Å². The van der Waals surface area contributed by atoms with Crippen LogP contribution in [0, 0.1) is 5.92 Å². The highest BCUT2D eigenvalue weighted by Crippen LogP contribution is 2.47. The number of carbonyl (C=O) groups excluding carboxylic acids is 5. The van der Waals surface area contributed by atoms with Crippen molar-refractivity contribution in [2.24, 2.45) is 5.92 Å². The van der Waals surface area contributed by atoms with E-state index in [2.05, 4.69) is 20.7 Å². The number of nitrogens with one attached hydrogen (secondary N) is 4. The molecule has 0 radical (unpaired) electrons. The van der Waals surface area contributed by atoms with Crippen LogP contribution in [-0.4, -0.2) is 93.1 Å². The maximum absolute atomic E-state index is 14.5. The number of alkyl halides is 3. The van der Waals surface area contributed by atoms with E-state index in [9.17, 15) is 37.1 Å². The standard InChI is InChI=1S/C40H53F3N6O6S/c1-2-56(29-17-18-29)47-36(52)39-22-26(39)12-6-4-3-5-7-16-32(45-37(53)44-27-13-8-9-14-27)35(51)49-23-28(21-33(49)34(50)46-39)55-38(54)48-20-19-25-11-10-15-31(30(25)24-48)40(41,42)43/h2,6,10-12,15,26-29,32-33H,3-5,7-9,13-14,16-24H2,1H3,(H,46,50)(H,47,52)(H2,44,45,53)/b12-6-/t26-,28-,32+,33+,39-,56?/m1/s1. The fourth-order valence-electron chi connectivity index (χ4n) is 8.70. The van der Waals surface area contributed by atoms with Gasteiger partial charge in [0.05, 0.1) is 12.1 Å². The highest BCUT2D eigenvalue weighted by Gasteiger charge is 2.61. The normalized spacial score (nSPS) is 29.8. The maximum Gasteiger partial charge on any atom is 0.416 e. The first-order chi connectivity index (χ1) is 26.9. The first kappa shape index (κ1) is 40.1. The van der Waals surface area contributed by atoms with E-state index in [0.29, 0.717) is 30.1 Å². The van der Waals surface area contributed by atoms with Crippen molar-refractivity contribution in [1.82, 2.24) is 30.5 Å². The molecular formula is C40H53F3N6O6S. The SMILES string of the molecule is C/C=S(/NC(=O)[C@@]12C[C@H]1/C=C\CCCCC[C@H](NC(=O)NC1CCCC1)C(=O)N1C[C@H](OC(=O)N3CCc4cccc(C(F)(F)F)c4C3)C[C@H]1C(=O)N2)C1CC1.